The monoisotopic (exact) mass is 274 g/mol. The van der Waals surface area contributed by atoms with Crippen LogP contribution in [0.4, 0.5) is 0 Å². The van der Waals surface area contributed by atoms with Crippen molar-refractivity contribution in [2.24, 2.45) is 11.8 Å². The van der Waals surface area contributed by atoms with Crippen molar-refractivity contribution in [3.05, 3.63) is 0 Å². The fourth-order valence-corrected chi connectivity index (χ4v) is 4.94. The van der Waals surface area contributed by atoms with Crippen LogP contribution >= 0.6 is 11.6 Å². The summed E-state index contributed by atoms with van der Waals surface area (Å²) in [5.74, 6) is 1.73. The molecule has 2 aliphatic carbocycles. The van der Waals surface area contributed by atoms with Crippen molar-refractivity contribution in [1.29, 1.82) is 0 Å². The maximum absolute atomic E-state index is 6.28. The molecule has 0 radical (unpaired) electrons. The Labute approximate surface area is 114 Å². The summed E-state index contributed by atoms with van der Waals surface area (Å²) in [6.45, 7) is 0. The van der Waals surface area contributed by atoms with Gasteiger partial charge in [0.1, 0.15) is 0 Å². The predicted molar refractivity (Wildman–Crippen MR) is 77.3 cm³/mol. The topological polar surface area (TPSA) is 9.23 Å². The highest BCUT2D eigenvalue weighted by atomic mass is 35.5. The van der Waals surface area contributed by atoms with Crippen molar-refractivity contribution in [2.75, 3.05) is 5.50 Å². The zero-order valence-electron chi connectivity index (χ0n) is 11.0. The molecule has 0 aromatic carbocycles. The smallest absolute Gasteiger partial charge is 0.176 e. The van der Waals surface area contributed by atoms with Gasteiger partial charge in [-0.25, -0.2) is 0 Å². The van der Waals surface area contributed by atoms with Gasteiger partial charge < -0.3 is 4.43 Å². The first-order valence-electron chi connectivity index (χ1n) is 7.59. The molecule has 0 aromatic heterocycles. The number of alkyl halides is 1. The van der Waals surface area contributed by atoms with Gasteiger partial charge in [0.25, 0.3) is 0 Å². The maximum atomic E-state index is 6.28. The summed E-state index contributed by atoms with van der Waals surface area (Å²) in [6.07, 6.45) is 14.9. The van der Waals surface area contributed by atoms with Crippen LogP contribution in [-0.4, -0.2) is 21.4 Å². The standard InChI is InChI=1S/C14H27ClOSi/c15-11-17-16-14(12-7-3-1-4-8-12)13-9-5-2-6-10-13/h12-14H,1-11,17H2. The lowest BCUT2D eigenvalue weighted by atomic mass is 9.75. The summed E-state index contributed by atoms with van der Waals surface area (Å²) in [4.78, 5) is 0. The Kier molecular flexibility index (Phi) is 6.38. The van der Waals surface area contributed by atoms with Crippen LogP contribution in [0.15, 0.2) is 0 Å². The van der Waals surface area contributed by atoms with Crippen molar-refractivity contribution in [2.45, 2.75) is 70.3 Å². The molecule has 2 rings (SSSR count). The SMILES string of the molecule is ClC[SiH2]OC(C1CCCCC1)C1CCCCC1. The van der Waals surface area contributed by atoms with Gasteiger partial charge in [0.15, 0.2) is 9.76 Å². The summed E-state index contributed by atoms with van der Waals surface area (Å²) in [5.41, 5.74) is 0.788. The highest BCUT2D eigenvalue weighted by molar-refractivity contribution is 6.45. The van der Waals surface area contributed by atoms with E-state index in [0.717, 1.165) is 17.3 Å². The minimum absolute atomic E-state index is 0.450. The Morgan fingerprint density at radius 1 is 0.882 bits per heavy atom. The van der Waals surface area contributed by atoms with Gasteiger partial charge in [0.05, 0.1) is 0 Å². The fourth-order valence-electron chi connectivity index (χ4n) is 3.76. The van der Waals surface area contributed by atoms with Crippen molar-refractivity contribution >= 4 is 21.4 Å². The second-order valence-electron chi connectivity index (χ2n) is 5.82. The van der Waals surface area contributed by atoms with Gasteiger partial charge in [-0.1, -0.05) is 38.5 Å². The lowest BCUT2D eigenvalue weighted by Crippen LogP contribution is -2.36. The molecule has 17 heavy (non-hydrogen) atoms. The second kappa shape index (κ2) is 7.80. The van der Waals surface area contributed by atoms with Crippen LogP contribution in [0.2, 0.25) is 0 Å². The molecule has 0 heterocycles. The number of halogens is 1. The van der Waals surface area contributed by atoms with E-state index in [4.69, 9.17) is 16.0 Å². The third-order valence-corrected chi connectivity index (χ3v) is 5.85. The maximum Gasteiger partial charge on any atom is 0.176 e. The zero-order valence-corrected chi connectivity index (χ0v) is 13.2. The van der Waals surface area contributed by atoms with E-state index in [1.807, 2.05) is 0 Å². The van der Waals surface area contributed by atoms with E-state index in [1.165, 1.54) is 64.2 Å². The van der Waals surface area contributed by atoms with Gasteiger partial charge in [-0.2, -0.15) is 0 Å². The molecule has 100 valence electrons. The molecule has 0 N–H and O–H groups in total. The molecule has 2 saturated carbocycles. The Morgan fingerprint density at radius 3 is 1.76 bits per heavy atom. The van der Waals surface area contributed by atoms with Gasteiger partial charge in [-0.05, 0) is 37.5 Å². The van der Waals surface area contributed by atoms with E-state index in [1.54, 1.807) is 0 Å². The molecule has 2 fully saturated rings. The van der Waals surface area contributed by atoms with Gasteiger partial charge in [-0.15, -0.1) is 11.6 Å². The first-order chi connectivity index (χ1) is 8.42. The minimum Gasteiger partial charge on any atom is -0.419 e. The molecule has 0 bridgehead atoms. The van der Waals surface area contributed by atoms with E-state index >= 15 is 0 Å². The van der Waals surface area contributed by atoms with Gasteiger partial charge in [0, 0.05) is 11.6 Å². The Hall–Kier alpha value is 0.467. The lowest BCUT2D eigenvalue weighted by Gasteiger charge is -2.38. The third-order valence-electron chi connectivity index (χ3n) is 4.62. The van der Waals surface area contributed by atoms with Crippen molar-refractivity contribution in [1.82, 2.24) is 0 Å². The third kappa shape index (κ3) is 4.25. The van der Waals surface area contributed by atoms with Crippen LogP contribution < -0.4 is 0 Å². The normalized spacial score (nSPS) is 25.1. The van der Waals surface area contributed by atoms with Crippen LogP contribution in [0, 0.1) is 11.8 Å². The Bertz CT molecular complexity index is 182. The van der Waals surface area contributed by atoms with E-state index in [2.05, 4.69) is 0 Å². The van der Waals surface area contributed by atoms with Crippen LogP contribution in [0.1, 0.15) is 64.2 Å². The quantitative estimate of drug-likeness (QED) is 0.547. The second-order valence-corrected chi connectivity index (χ2v) is 8.07. The fraction of sp³-hybridized carbons (Fsp3) is 1.00. The minimum atomic E-state index is -0.450. The molecule has 0 spiro atoms. The highest BCUT2D eigenvalue weighted by Crippen LogP contribution is 2.37. The first kappa shape index (κ1) is 13.9. The van der Waals surface area contributed by atoms with Gasteiger partial charge in [0.2, 0.25) is 0 Å². The summed E-state index contributed by atoms with van der Waals surface area (Å²) in [6, 6.07) is 0. The molecular formula is C14H27ClOSi. The molecule has 0 unspecified atom stereocenters. The Morgan fingerprint density at radius 2 is 1.35 bits per heavy atom. The number of rotatable bonds is 5. The molecule has 0 saturated heterocycles. The van der Waals surface area contributed by atoms with E-state index in [0.29, 0.717) is 6.10 Å². The van der Waals surface area contributed by atoms with Crippen LogP contribution in [0.3, 0.4) is 0 Å². The summed E-state index contributed by atoms with van der Waals surface area (Å²) in [5, 5.41) is 0. The van der Waals surface area contributed by atoms with Gasteiger partial charge >= 0.3 is 0 Å². The molecule has 3 heteroatoms. The molecular weight excluding hydrogens is 248 g/mol. The molecule has 0 aliphatic heterocycles. The predicted octanol–water partition coefficient (Wildman–Crippen LogP) is 3.81. The molecule has 2 aliphatic rings. The zero-order chi connectivity index (χ0) is 11.9. The molecule has 1 nitrogen and oxygen atoms in total. The average Bonchev–Trinajstić information content (AvgIpc) is 2.42. The molecule has 0 amide bonds. The number of hydrogen-bond donors (Lipinski definition) is 0. The lowest BCUT2D eigenvalue weighted by molar-refractivity contribution is 0.0422. The highest BCUT2D eigenvalue weighted by Gasteiger charge is 2.31. The van der Waals surface area contributed by atoms with E-state index in [9.17, 15) is 0 Å². The number of hydrogen-bond acceptors (Lipinski definition) is 1. The molecule has 0 atom stereocenters. The van der Waals surface area contributed by atoms with Crippen molar-refractivity contribution in [3.8, 4) is 0 Å². The van der Waals surface area contributed by atoms with Crippen LogP contribution in [0.5, 0.6) is 0 Å². The summed E-state index contributed by atoms with van der Waals surface area (Å²) in [7, 11) is -0.450. The first-order valence-corrected chi connectivity index (χ1v) is 9.70. The van der Waals surface area contributed by atoms with Crippen LogP contribution in [-0.2, 0) is 4.43 Å². The van der Waals surface area contributed by atoms with Gasteiger partial charge in [-0.3, -0.25) is 0 Å². The van der Waals surface area contributed by atoms with Crippen molar-refractivity contribution in [3.63, 3.8) is 0 Å². The summed E-state index contributed by atoms with van der Waals surface area (Å²) >= 11 is 5.86. The largest absolute Gasteiger partial charge is 0.419 e. The van der Waals surface area contributed by atoms with Crippen molar-refractivity contribution < 1.29 is 4.43 Å². The Balaban J connectivity index is 1.90. The van der Waals surface area contributed by atoms with E-state index < -0.39 is 9.76 Å². The van der Waals surface area contributed by atoms with Crippen LogP contribution in [0.25, 0.3) is 0 Å². The average molecular weight is 275 g/mol. The molecule has 0 aromatic rings. The summed E-state index contributed by atoms with van der Waals surface area (Å²) < 4.78 is 6.28. The van der Waals surface area contributed by atoms with E-state index in [-0.39, 0.29) is 0 Å².